The molecule has 2 bridgehead atoms. The minimum atomic E-state index is 0.0935. The Hall–Kier alpha value is -2.67. The van der Waals surface area contributed by atoms with E-state index >= 15 is 0 Å². The molecule has 3 unspecified atom stereocenters. The van der Waals surface area contributed by atoms with Crippen LogP contribution < -0.4 is 15.0 Å². The maximum atomic E-state index is 13.7. The summed E-state index contributed by atoms with van der Waals surface area (Å²) < 4.78 is 5.95. The van der Waals surface area contributed by atoms with E-state index in [1.165, 1.54) is 0 Å². The number of aryl methyl sites for hydroxylation is 1. The maximum Gasteiger partial charge on any atom is 0.274 e. The number of nitrogens with zero attached hydrogens (tertiary/aromatic N) is 4. The number of piperidine rings is 2. The van der Waals surface area contributed by atoms with Crippen molar-refractivity contribution >= 4 is 11.6 Å². The van der Waals surface area contributed by atoms with Gasteiger partial charge in [0.15, 0.2) is 5.69 Å². The van der Waals surface area contributed by atoms with E-state index in [0.717, 1.165) is 63.4 Å². The molecule has 3 atom stereocenters. The van der Waals surface area contributed by atoms with Gasteiger partial charge in [-0.3, -0.25) is 4.79 Å². The van der Waals surface area contributed by atoms with Crippen LogP contribution in [0.15, 0.2) is 36.5 Å². The second kappa shape index (κ2) is 8.83. The summed E-state index contributed by atoms with van der Waals surface area (Å²) in [5, 5.41) is 3.38. The van der Waals surface area contributed by atoms with Crippen LogP contribution in [0.25, 0.3) is 0 Å². The molecular formula is C24H31N5O2. The fourth-order valence-electron chi connectivity index (χ4n) is 5.31. The van der Waals surface area contributed by atoms with E-state index < -0.39 is 0 Å². The molecule has 164 valence electrons. The van der Waals surface area contributed by atoms with E-state index in [1.54, 1.807) is 6.20 Å². The second-order valence-corrected chi connectivity index (χ2v) is 8.98. The lowest BCUT2D eigenvalue weighted by Crippen LogP contribution is -2.55. The lowest BCUT2D eigenvalue weighted by atomic mass is 9.72. The summed E-state index contributed by atoms with van der Waals surface area (Å²) in [6.45, 7) is 7.13. The lowest BCUT2D eigenvalue weighted by Gasteiger charge is -2.49. The number of amides is 1. The molecule has 1 N–H and O–H groups in total. The van der Waals surface area contributed by atoms with E-state index in [2.05, 4.69) is 26.2 Å². The standard InChI is InChI=1S/C24H31N5O2/c1-17-5-8-21(28-12-10-25-11-13-28)23(27-17)24(30)29-15-18-6-7-20(29)14-19(18)16-31-22-4-2-3-9-26-22/h2-5,8-9,18-20,25H,6-7,10-16H2,1H3. The second-order valence-electron chi connectivity index (χ2n) is 8.98. The molecule has 1 aliphatic carbocycles. The third-order valence-electron chi connectivity index (χ3n) is 7.00. The lowest BCUT2D eigenvalue weighted by molar-refractivity contribution is -0.00503. The molecule has 7 nitrogen and oxygen atoms in total. The monoisotopic (exact) mass is 421 g/mol. The number of pyridine rings is 2. The Morgan fingerprint density at radius 1 is 1.19 bits per heavy atom. The molecule has 0 aromatic carbocycles. The largest absolute Gasteiger partial charge is 0.477 e. The fourth-order valence-corrected chi connectivity index (χ4v) is 5.31. The van der Waals surface area contributed by atoms with E-state index in [9.17, 15) is 4.79 Å². The van der Waals surface area contributed by atoms with Crippen LogP contribution in [0, 0.1) is 18.8 Å². The van der Waals surface area contributed by atoms with Crippen molar-refractivity contribution in [2.75, 3.05) is 44.2 Å². The van der Waals surface area contributed by atoms with Crippen LogP contribution >= 0.6 is 0 Å². The van der Waals surface area contributed by atoms with Gasteiger partial charge in [0.2, 0.25) is 5.88 Å². The highest BCUT2D eigenvalue weighted by molar-refractivity contribution is 5.98. The van der Waals surface area contributed by atoms with Crippen LogP contribution in [-0.4, -0.2) is 66.1 Å². The molecular weight excluding hydrogens is 390 g/mol. The predicted molar refractivity (Wildman–Crippen MR) is 119 cm³/mol. The van der Waals surface area contributed by atoms with Crippen molar-refractivity contribution in [3.63, 3.8) is 0 Å². The molecule has 6 rings (SSSR count). The summed E-state index contributed by atoms with van der Waals surface area (Å²) in [4.78, 5) is 27.0. The number of carbonyl (C=O) groups is 1. The Morgan fingerprint density at radius 3 is 2.81 bits per heavy atom. The van der Waals surface area contributed by atoms with Crippen LogP contribution in [0.4, 0.5) is 5.69 Å². The molecule has 0 radical (unpaired) electrons. The number of ether oxygens (including phenoxy) is 1. The number of hydrogen-bond acceptors (Lipinski definition) is 6. The number of rotatable bonds is 5. The molecule has 2 aromatic heterocycles. The third kappa shape index (κ3) is 4.24. The maximum absolute atomic E-state index is 13.7. The van der Waals surface area contributed by atoms with Gasteiger partial charge in [0.05, 0.1) is 12.3 Å². The summed E-state index contributed by atoms with van der Waals surface area (Å²) in [5.74, 6) is 1.73. The summed E-state index contributed by atoms with van der Waals surface area (Å²) >= 11 is 0. The quantitative estimate of drug-likeness (QED) is 0.800. The first-order valence-electron chi connectivity index (χ1n) is 11.5. The average Bonchev–Trinajstić information content (AvgIpc) is 2.84. The summed E-state index contributed by atoms with van der Waals surface area (Å²) in [6, 6.07) is 10.1. The highest BCUT2D eigenvalue weighted by Crippen LogP contribution is 2.40. The van der Waals surface area contributed by atoms with E-state index in [4.69, 9.17) is 9.72 Å². The molecule has 2 aromatic rings. The fraction of sp³-hybridized carbons (Fsp3) is 0.542. The molecule has 4 fully saturated rings. The number of nitrogens with one attached hydrogen (secondary N) is 1. The van der Waals surface area contributed by atoms with E-state index in [0.29, 0.717) is 30.0 Å². The van der Waals surface area contributed by atoms with Crippen molar-refractivity contribution in [1.82, 2.24) is 20.2 Å². The molecule has 5 heterocycles. The molecule has 0 spiro atoms. The zero-order valence-electron chi connectivity index (χ0n) is 18.2. The smallest absolute Gasteiger partial charge is 0.274 e. The van der Waals surface area contributed by atoms with Gasteiger partial charge >= 0.3 is 0 Å². The normalized spacial score (nSPS) is 25.5. The minimum Gasteiger partial charge on any atom is -0.477 e. The number of aromatic nitrogens is 2. The van der Waals surface area contributed by atoms with Crippen molar-refractivity contribution in [1.29, 1.82) is 0 Å². The van der Waals surface area contributed by atoms with Crippen LogP contribution in [0.2, 0.25) is 0 Å². The van der Waals surface area contributed by atoms with Crippen LogP contribution in [0.3, 0.4) is 0 Å². The van der Waals surface area contributed by atoms with Gasteiger partial charge in [-0.15, -0.1) is 0 Å². The van der Waals surface area contributed by atoms with Gasteiger partial charge in [0, 0.05) is 56.7 Å². The van der Waals surface area contributed by atoms with Gasteiger partial charge in [0.1, 0.15) is 0 Å². The first kappa shape index (κ1) is 20.2. The Morgan fingerprint density at radius 2 is 2.06 bits per heavy atom. The van der Waals surface area contributed by atoms with Crippen molar-refractivity contribution < 1.29 is 9.53 Å². The molecule has 1 amide bonds. The Balaban J connectivity index is 1.30. The summed E-state index contributed by atoms with van der Waals surface area (Å²) in [7, 11) is 0. The topological polar surface area (TPSA) is 70.6 Å². The van der Waals surface area contributed by atoms with Gasteiger partial charge in [-0.2, -0.15) is 0 Å². The molecule has 3 aliphatic heterocycles. The molecule has 7 heteroatoms. The van der Waals surface area contributed by atoms with Gasteiger partial charge in [-0.05, 0) is 56.2 Å². The number of carbonyl (C=O) groups excluding carboxylic acids is 1. The SMILES string of the molecule is Cc1ccc(N2CCNCC2)c(C(=O)N2CC3CCC2CC3COc2ccccn2)n1. The van der Waals surface area contributed by atoms with Gasteiger partial charge in [-0.25, -0.2) is 9.97 Å². The number of anilines is 1. The first-order chi connectivity index (χ1) is 15.2. The number of fused-ring (bicyclic) bond motifs is 3. The predicted octanol–water partition coefficient (Wildman–Crippen LogP) is 2.51. The Kier molecular flexibility index (Phi) is 5.76. The zero-order chi connectivity index (χ0) is 21.2. The summed E-state index contributed by atoms with van der Waals surface area (Å²) in [6.07, 6.45) is 4.99. The summed E-state index contributed by atoms with van der Waals surface area (Å²) in [5.41, 5.74) is 2.50. The molecule has 4 aliphatic rings. The number of hydrogen-bond donors (Lipinski definition) is 1. The first-order valence-corrected chi connectivity index (χ1v) is 11.5. The van der Waals surface area contributed by atoms with Crippen molar-refractivity contribution in [2.45, 2.75) is 32.2 Å². The van der Waals surface area contributed by atoms with E-state index in [1.807, 2.05) is 31.2 Å². The van der Waals surface area contributed by atoms with Crippen LogP contribution in [-0.2, 0) is 0 Å². The van der Waals surface area contributed by atoms with Gasteiger partial charge in [0.25, 0.3) is 5.91 Å². The van der Waals surface area contributed by atoms with Crippen LogP contribution in [0.1, 0.15) is 35.4 Å². The van der Waals surface area contributed by atoms with E-state index in [-0.39, 0.29) is 11.9 Å². The minimum absolute atomic E-state index is 0.0935. The highest BCUT2D eigenvalue weighted by Gasteiger charge is 2.43. The Bertz CT molecular complexity index is 915. The zero-order valence-corrected chi connectivity index (χ0v) is 18.2. The average molecular weight is 422 g/mol. The third-order valence-corrected chi connectivity index (χ3v) is 7.00. The number of piperazine rings is 1. The van der Waals surface area contributed by atoms with Crippen LogP contribution in [0.5, 0.6) is 5.88 Å². The Labute approximate surface area is 183 Å². The van der Waals surface area contributed by atoms with Crippen molar-refractivity contribution in [3.05, 3.63) is 47.9 Å². The highest BCUT2D eigenvalue weighted by atomic mass is 16.5. The molecule has 31 heavy (non-hydrogen) atoms. The van der Waals surface area contributed by atoms with Crippen molar-refractivity contribution in [3.8, 4) is 5.88 Å². The van der Waals surface area contributed by atoms with Gasteiger partial charge in [-0.1, -0.05) is 6.07 Å². The molecule has 3 saturated heterocycles. The van der Waals surface area contributed by atoms with Crippen molar-refractivity contribution in [2.24, 2.45) is 11.8 Å². The van der Waals surface area contributed by atoms with Gasteiger partial charge < -0.3 is 19.9 Å². The molecule has 1 saturated carbocycles.